The van der Waals surface area contributed by atoms with Gasteiger partial charge in [-0.2, -0.15) is 9.57 Å². The van der Waals surface area contributed by atoms with Gasteiger partial charge in [-0.3, -0.25) is 4.79 Å². The standard InChI is InChI=1S/C36H41N5O6S/c1-4-46-33-30(11-8-18-38-33)36(47-35(43)40-21-16-28(17-22-40)27-14-19-39(20-15-27)25(2)3)31-23-26(24-37)12-13-32(31)41(34(36)42)48(44,45)29-9-6-5-7-10-29/h5-13,18,23,25,27-28H,4,14-17,19-22H2,1-3H3. The molecule has 1 aromatic heterocycles. The highest BCUT2D eigenvalue weighted by Gasteiger charge is 2.61. The number of hydrogen-bond donors (Lipinski definition) is 0. The van der Waals surface area contributed by atoms with Crippen LogP contribution in [0.2, 0.25) is 0 Å². The molecule has 252 valence electrons. The van der Waals surface area contributed by atoms with E-state index in [-0.39, 0.29) is 39.8 Å². The van der Waals surface area contributed by atoms with Crippen LogP contribution in [0.3, 0.4) is 0 Å². The molecule has 48 heavy (non-hydrogen) atoms. The highest BCUT2D eigenvalue weighted by atomic mass is 32.2. The zero-order valence-corrected chi connectivity index (χ0v) is 28.4. The molecular weight excluding hydrogens is 630 g/mol. The second-order valence-corrected chi connectivity index (χ2v) is 14.6. The monoisotopic (exact) mass is 671 g/mol. The SMILES string of the molecule is CCOc1ncccc1C1(OC(=O)N2CCC(C3CCN(C(C)C)CC3)CC2)C(=O)N(S(=O)(=O)c2ccccc2)c2ccc(C#N)cc21. The number of anilines is 1. The molecule has 2 amide bonds. The van der Waals surface area contributed by atoms with Gasteiger partial charge in [0.05, 0.1) is 34.4 Å². The molecule has 1 atom stereocenters. The van der Waals surface area contributed by atoms with E-state index in [2.05, 4.69) is 29.8 Å². The van der Waals surface area contributed by atoms with Gasteiger partial charge in [0.1, 0.15) is 0 Å². The van der Waals surface area contributed by atoms with Crippen LogP contribution in [0.1, 0.15) is 63.1 Å². The van der Waals surface area contributed by atoms with E-state index >= 15 is 0 Å². The van der Waals surface area contributed by atoms with Crippen molar-refractivity contribution >= 4 is 27.7 Å². The third-order valence-electron chi connectivity index (χ3n) is 9.93. The fraction of sp³-hybridized carbons (Fsp3) is 0.444. The molecule has 0 radical (unpaired) electrons. The lowest BCUT2D eigenvalue weighted by Crippen LogP contribution is -2.50. The average Bonchev–Trinajstić information content (AvgIpc) is 3.36. The molecule has 0 aliphatic carbocycles. The van der Waals surface area contributed by atoms with E-state index in [1.54, 1.807) is 42.2 Å². The lowest BCUT2D eigenvalue weighted by molar-refractivity contribution is -0.132. The van der Waals surface area contributed by atoms with E-state index in [4.69, 9.17) is 9.47 Å². The maximum absolute atomic E-state index is 14.9. The topological polar surface area (TPSA) is 133 Å². The third kappa shape index (κ3) is 5.90. The molecule has 12 heteroatoms. The summed E-state index contributed by atoms with van der Waals surface area (Å²) < 4.78 is 41.1. The molecule has 2 aromatic carbocycles. The summed E-state index contributed by atoms with van der Waals surface area (Å²) in [7, 11) is -4.48. The van der Waals surface area contributed by atoms with Gasteiger partial charge < -0.3 is 19.3 Å². The number of carbonyl (C=O) groups is 2. The zero-order valence-electron chi connectivity index (χ0n) is 27.5. The van der Waals surface area contributed by atoms with Gasteiger partial charge in [0.15, 0.2) is 0 Å². The Kier molecular flexibility index (Phi) is 9.45. The minimum atomic E-state index is -4.48. The van der Waals surface area contributed by atoms with Crippen LogP contribution in [-0.4, -0.2) is 74.0 Å². The number of hydrogen-bond acceptors (Lipinski definition) is 9. The molecule has 3 aliphatic rings. The first-order valence-corrected chi connectivity index (χ1v) is 18.1. The quantitative estimate of drug-likeness (QED) is 0.313. The van der Waals surface area contributed by atoms with E-state index < -0.39 is 27.6 Å². The first-order valence-electron chi connectivity index (χ1n) is 16.6. The number of piperidine rings is 2. The lowest BCUT2D eigenvalue weighted by Gasteiger charge is -2.41. The van der Waals surface area contributed by atoms with Crippen LogP contribution in [-0.2, 0) is 25.2 Å². The van der Waals surface area contributed by atoms with E-state index in [1.807, 2.05) is 0 Å². The Labute approximate surface area is 282 Å². The van der Waals surface area contributed by atoms with Crippen molar-refractivity contribution in [3.63, 3.8) is 0 Å². The van der Waals surface area contributed by atoms with Crippen LogP contribution in [0.5, 0.6) is 5.88 Å². The Bertz CT molecular complexity index is 1810. The smallest absolute Gasteiger partial charge is 0.411 e. The van der Waals surface area contributed by atoms with Crippen molar-refractivity contribution < 1.29 is 27.5 Å². The zero-order chi connectivity index (χ0) is 34.1. The minimum absolute atomic E-state index is 0.0138. The van der Waals surface area contributed by atoms with Crippen LogP contribution in [0.15, 0.2) is 71.8 Å². The summed E-state index contributed by atoms with van der Waals surface area (Å²) in [6, 6.07) is 17.5. The van der Waals surface area contributed by atoms with Gasteiger partial charge in [-0.25, -0.2) is 18.2 Å². The molecule has 2 saturated heterocycles. The molecule has 6 rings (SSSR count). The number of rotatable bonds is 8. The third-order valence-corrected chi connectivity index (χ3v) is 11.6. The molecule has 3 aliphatic heterocycles. The molecule has 0 N–H and O–H groups in total. The molecule has 0 saturated carbocycles. The highest BCUT2D eigenvalue weighted by Crippen LogP contribution is 2.51. The van der Waals surface area contributed by atoms with Crippen molar-refractivity contribution in [2.45, 2.75) is 63.0 Å². The fourth-order valence-electron chi connectivity index (χ4n) is 7.35. The van der Waals surface area contributed by atoms with Crippen LogP contribution in [0.25, 0.3) is 0 Å². The molecular formula is C36H41N5O6S. The van der Waals surface area contributed by atoms with Crippen molar-refractivity contribution in [1.29, 1.82) is 5.26 Å². The number of amides is 2. The molecule has 0 bridgehead atoms. The molecule has 11 nitrogen and oxygen atoms in total. The number of likely N-dealkylation sites (tertiary alicyclic amines) is 2. The molecule has 2 fully saturated rings. The Hall–Kier alpha value is -4.47. The van der Waals surface area contributed by atoms with Crippen molar-refractivity contribution in [2.24, 2.45) is 11.8 Å². The number of nitriles is 1. The van der Waals surface area contributed by atoms with Crippen molar-refractivity contribution in [1.82, 2.24) is 14.8 Å². The van der Waals surface area contributed by atoms with Crippen LogP contribution >= 0.6 is 0 Å². The first-order chi connectivity index (χ1) is 23.1. The van der Waals surface area contributed by atoms with Crippen molar-refractivity contribution in [3.05, 3.63) is 83.6 Å². The van der Waals surface area contributed by atoms with Gasteiger partial charge in [0, 0.05) is 30.9 Å². The van der Waals surface area contributed by atoms with Crippen molar-refractivity contribution in [3.8, 4) is 11.9 Å². The van der Waals surface area contributed by atoms with Gasteiger partial charge >= 0.3 is 6.09 Å². The number of pyridine rings is 1. The second-order valence-electron chi connectivity index (χ2n) is 12.9. The van der Waals surface area contributed by atoms with Gasteiger partial charge in [-0.05, 0) is 114 Å². The summed E-state index contributed by atoms with van der Waals surface area (Å²) in [5.41, 5.74) is -2.06. The predicted molar refractivity (Wildman–Crippen MR) is 179 cm³/mol. The summed E-state index contributed by atoms with van der Waals surface area (Å²) in [4.78, 5) is 37.4. The van der Waals surface area contributed by atoms with Crippen molar-refractivity contribution in [2.75, 3.05) is 37.1 Å². The number of sulfonamides is 1. The first kappa shape index (κ1) is 33.4. The molecule has 0 spiro atoms. The number of carbonyl (C=O) groups excluding carboxylic acids is 2. The summed E-state index contributed by atoms with van der Waals surface area (Å²) in [5.74, 6) is 0.0715. The number of nitrogens with zero attached hydrogens (tertiary/aromatic N) is 5. The Balaban J connectivity index is 1.38. The van der Waals surface area contributed by atoms with Gasteiger partial charge in [0.2, 0.25) is 5.88 Å². The summed E-state index contributed by atoms with van der Waals surface area (Å²) in [6.45, 7) is 9.43. The summed E-state index contributed by atoms with van der Waals surface area (Å²) in [5, 5.41) is 9.86. The highest BCUT2D eigenvalue weighted by molar-refractivity contribution is 7.93. The van der Waals surface area contributed by atoms with Gasteiger partial charge in [-0.1, -0.05) is 18.2 Å². The number of fused-ring (bicyclic) bond motifs is 1. The van der Waals surface area contributed by atoms with Crippen LogP contribution in [0, 0.1) is 23.2 Å². The number of aromatic nitrogens is 1. The van der Waals surface area contributed by atoms with E-state index in [1.165, 1.54) is 36.5 Å². The van der Waals surface area contributed by atoms with Gasteiger partial charge in [0.25, 0.3) is 21.5 Å². The summed E-state index contributed by atoms with van der Waals surface area (Å²) >= 11 is 0. The molecule has 1 unspecified atom stereocenters. The van der Waals surface area contributed by atoms with Crippen LogP contribution in [0.4, 0.5) is 10.5 Å². The van der Waals surface area contributed by atoms with E-state index in [0.29, 0.717) is 35.3 Å². The number of ether oxygens (including phenoxy) is 2. The predicted octanol–water partition coefficient (Wildman–Crippen LogP) is 5.30. The lowest BCUT2D eigenvalue weighted by atomic mass is 9.78. The van der Waals surface area contributed by atoms with Crippen LogP contribution < -0.4 is 9.04 Å². The Morgan fingerprint density at radius 1 is 0.979 bits per heavy atom. The minimum Gasteiger partial charge on any atom is -0.478 e. The van der Waals surface area contributed by atoms with Gasteiger partial charge in [-0.15, -0.1) is 0 Å². The average molecular weight is 672 g/mol. The second kappa shape index (κ2) is 13.6. The Morgan fingerprint density at radius 3 is 2.27 bits per heavy atom. The molecule has 4 heterocycles. The van der Waals surface area contributed by atoms with E-state index in [0.717, 1.165) is 38.8 Å². The maximum Gasteiger partial charge on any atom is 0.411 e. The maximum atomic E-state index is 14.9. The number of benzene rings is 2. The largest absolute Gasteiger partial charge is 0.478 e. The Morgan fingerprint density at radius 2 is 1.65 bits per heavy atom. The fourth-order valence-corrected chi connectivity index (χ4v) is 8.83. The molecule has 3 aromatic rings. The van der Waals surface area contributed by atoms with E-state index in [9.17, 15) is 23.3 Å². The normalized spacial score (nSPS) is 20.9. The summed E-state index contributed by atoms with van der Waals surface area (Å²) in [6.07, 6.45) is 4.61.